The van der Waals surface area contributed by atoms with E-state index in [4.69, 9.17) is 16.3 Å². The molecule has 0 radical (unpaired) electrons. The molecule has 1 aromatic carbocycles. The van der Waals surface area contributed by atoms with Gasteiger partial charge in [-0.2, -0.15) is 0 Å². The van der Waals surface area contributed by atoms with E-state index >= 15 is 0 Å². The molecular formula is C16H18ClN3O. The molecule has 0 bridgehead atoms. The Morgan fingerprint density at radius 3 is 3.05 bits per heavy atom. The summed E-state index contributed by atoms with van der Waals surface area (Å²) in [6.45, 7) is 1.68. The molecule has 1 saturated heterocycles. The number of aromatic nitrogens is 2. The van der Waals surface area contributed by atoms with E-state index in [2.05, 4.69) is 14.9 Å². The van der Waals surface area contributed by atoms with Crippen molar-refractivity contribution >= 4 is 28.3 Å². The van der Waals surface area contributed by atoms with Crippen LogP contribution in [0.5, 0.6) is 0 Å². The Morgan fingerprint density at radius 1 is 1.19 bits per heavy atom. The lowest BCUT2D eigenvalue weighted by Crippen LogP contribution is -2.53. The molecule has 0 spiro atoms. The largest absolute Gasteiger partial charge is 0.374 e. The van der Waals surface area contributed by atoms with E-state index in [0.29, 0.717) is 17.2 Å². The van der Waals surface area contributed by atoms with Crippen molar-refractivity contribution in [1.29, 1.82) is 0 Å². The standard InChI is InChI=1S/C16H18ClN3O/c17-11-5-6-12-13(9-11)18-10-19-16(12)20-7-8-21-15-4-2-1-3-14(15)20/h5-6,9-10,14-15H,1-4,7-8H2/t14-,15+/m0/s1. The Labute approximate surface area is 129 Å². The minimum atomic E-state index is 0.352. The quantitative estimate of drug-likeness (QED) is 0.809. The first kappa shape index (κ1) is 13.3. The van der Waals surface area contributed by atoms with Gasteiger partial charge in [-0.1, -0.05) is 24.4 Å². The van der Waals surface area contributed by atoms with Crippen molar-refractivity contribution in [2.45, 2.75) is 37.8 Å². The van der Waals surface area contributed by atoms with Crippen LogP contribution in [0, 0.1) is 0 Å². The number of benzene rings is 1. The minimum absolute atomic E-state index is 0.352. The van der Waals surface area contributed by atoms with Gasteiger partial charge < -0.3 is 9.64 Å². The lowest BCUT2D eigenvalue weighted by atomic mass is 9.90. The Balaban J connectivity index is 1.78. The summed E-state index contributed by atoms with van der Waals surface area (Å²) in [4.78, 5) is 11.3. The molecule has 1 aliphatic heterocycles. The number of anilines is 1. The van der Waals surface area contributed by atoms with E-state index in [0.717, 1.165) is 36.3 Å². The van der Waals surface area contributed by atoms with Crippen molar-refractivity contribution in [1.82, 2.24) is 9.97 Å². The zero-order valence-electron chi connectivity index (χ0n) is 11.8. The molecule has 4 nitrogen and oxygen atoms in total. The van der Waals surface area contributed by atoms with Crippen LogP contribution >= 0.6 is 11.6 Å². The SMILES string of the molecule is Clc1ccc2c(N3CCO[C@@H]4CCCC[C@@H]43)ncnc2c1. The zero-order chi connectivity index (χ0) is 14.2. The molecule has 0 amide bonds. The van der Waals surface area contributed by atoms with Crippen molar-refractivity contribution in [2.24, 2.45) is 0 Å². The number of hydrogen-bond acceptors (Lipinski definition) is 4. The minimum Gasteiger partial charge on any atom is -0.374 e. The fourth-order valence-corrected chi connectivity index (χ4v) is 3.77. The third kappa shape index (κ3) is 2.36. The highest BCUT2D eigenvalue weighted by atomic mass is 35.5. The highest BCUT2D eigenvalue weighted by Crippen LogP contribution is 2.34. The molecule has 2 atom stereocenters. The van der Waals surface area contributed by atoms with Gasteiger partial charge in [-0.05, 0) is 31.0 Å². The van der Waals surface area contributed by atoms with Crippen LogP contribution in [0.3, 0.4) is 0 Å². The van der Waals surface area contributed by atoms with Gasteiger partial charge in [0.25, 0.3) is 0 Å². The van der Waals surface area contributed by atoms with Crippen molar-refractivity contribution in [3.8, 4) is 0 Å². The monoisotopic (exact) mass is 303 g/mol. The Hall–Kier alpha value is -1.39. The number of rotatable bonds is 1. The molecule has 1 aromatic heterocycles. The average Bonchev–Trinajstić information content (AvgIpc) is 2.53. The molecule has 21 heavy (non-hydrogen) atoms. The molecule has 1 aliphatic carbocycles. The predicted molar refractivity (Wildman–Crippen MR) is 83.9 cm³/mol. The van der Waals surface area contributed by atoms with Crippen LogP contribution < -0.4 is 4.90 Å². The normalized spacial score (nSPS) is 25.9. The van der Waals surface area contributed by atoms with Gasteiger partial charge in [0.2, 0.25) is 0 Å². The van der Waals surface area contributed by atoms with Crippen LogP contribution in [0.4, 0.5) is 5.82 Å². The highest BCUT2D eigenvalue weighted by molar-refractivity contribution is 6.31. The number of fused-ring (bicyclic) bond motifs is 2. The summed E-state index contributed by atoms with van der Waals surface area (Å²) >= 11 is 6.07. The first-order valence-corrected chi connectivity index (χ1v) is 7.99. The Kier molecular flexibility index (Phi) is 3.43. The smallest absolute Gasteiger partial charge is 0.140 e. The van der Waals surface area contributed by atoms with E-state index in [1.807, 2.05) is 18.2 Å². The summed E-state index contributed by atoms with van der Waals surface area (Å²) in [6.07, 6.45) is 6.89. The van der Waals surface area contributed by atoms with Gasteiger partial charge in [0.05, 0.1) is 24.3 Å². The summed E-state index contributed by atoms with van der Waals surface area (Å²) in [7, 11) is 0. The first-order valence-electron chi connectivity index (χ1n) is 7.61. The highest BCUT2D eigenvalue weighted by Gasteiger charge is 2.35. The summed E-state index contributed by atoms with van der Waals surface area (Å²) in [5.74, 6) is 1.02. The van der Waals surface area contributed by atoms with Crippen LogP contribution in [0.15, 0.2) is 24.5 Å². The topological polar surface area (TPSA) is 38.2 Å². The van der Waals surface area contributed by atoms with E-state index in [1.54, 1.807) is 6.33 Å². The maximum Gasteiger partial charge on any atom is 0.140 e. The molecule has 2 fully saturated rings. The molecule has 2 aliphatic rings. The molecule has 110 valence electrons. The maximum atomic E-state index is 6.07. The molecule has 1 saturated carbocycles. The van der Waals surface area contributed by atoms with E-state index < -0.39 is 0 Å². The van der Waals surface area contributed by atoms with Crippen molar-refractivity contribution < 1.29 is 4.74 Å². The molecule has 0 unspecified atom stereocenters. The number of nitrogens with zero attached hydrogens (tertiary/aromatic N) is 3. The number of halogens is 1. The molecule has 2 heterocycles. The predicted octanol–water partition coefficient (Wildman–Crippen LogP) is 3.43. The number of morpholine rings is 1. The molecule has 5 heteroatoms. The lowest BCUT2D eigenvalue weighted by Gasteiger charge is -2.44. The van der Waals surface area contributed by atoms with Crippen LogP contribution in [-0.2, 0) is 4.74 Å². The van der Waals surface area contributed by atoms with Crippen LogP contribution in [0.1, 0.15) is 25.7 Å². The van der Waals surface area contributed by atoms with E-state index in [1.165, 1.54) is 19.3 Å². The van der Waals surface area contributed by atoms with Gasteiger partial charge >= 0.3 is 0 Å². The molecular weight excluding hydrogens is 286 g/mol. The fourth-order valence-electron chi connectivity index (χ4n) is 3.60. The maximum absolute atomic E-state index is 6.07. The van der Waals surface area contributed by atoms with Crippen LogP contribution in [0.2, 0.25) is 5.02 Å². The number of ether oxygens (including phenoxy) is 1. The van der Waals surface area contributed by atoms with Gasteiger partial charge in [-0.3, -0.25) is 0 Å². The molecule has 4 rings (SSSR count). The summed E-state index contributed by atoms with van der Waals surface area (Å²) in [6, 6.07) is 6.29. The van der Waals surface area contributed by atoms with Gasteiger partial charge in [-0.25, -0.2) is 9.97 Å². The van der Waals surface area contributed by atoms with Crippen molar-refractivity contribution in [2.75, 3.05) is 18.1 Å². The second-order valence-corrected chi connectivity index (χ2v) is 6.25. The summed E-state index contributed by atoms with van der Waals surface area (Å²) in [5, 5.41) is 1.79. The van der Waals surface area contributed by atoms with Crippen molar-refractivity contribution in [3.05, 3.63) is 29.5 Å². The Morgan fingerprint density at radius 2 is 2.10 bits per heavy atom. The van der Waals surface area contributed by atoms with Crippen LogP contribution in [0.25, 0.3) is 10.9 Å². The second kappa shape index (κ2) is 5.43. The first-order chi connectivity index (χ1) is 10.3. The molecule has 2 aromatic rings. The van der Waals surface area contributed by atoms with E-state index in [9.17, 15) is 0 Å². The summed E-state index contributed by atoms with van der Waals surface area (Å²) < 4.78 is 5.96. The third-order valence-electron chi connectivity index (χ3n) is 4.58. The summed E-state index contributed by atoms with van der Waals surface area (Å²) in [5.41, 5.74) is 0.909. The third-order valence-corrected chi connectivity index (χ3v) is 4.82. The lowest BCUT2D eigenvalue weighted by molar-refractivity contribution is -0.00887. The zero-order valence-corrected chi connectivity index (χ0v) is 12.6. The number of hydrogen-bond donors (Lipinski definition) is 0. The van der Waals surface area contributed by atoms with Gasteiger partial charge in [0.1, 0.15) is 12.1 Å². The van der Waals surface area contributed by atoms with E-state index in [-0.39, 0.29) is 0 Å². The molecule has 0 N–H and O–H groups in total. The fraction of sp³-hybridized carbons (Fsp3) is 0.500. The van der Waals surface area contributed by atoms with Gasteiger partial charge in [0.15, 0.2) is 0 Å². The average molecular weight is 304 g/mol. The van der Waals surface area contributed by atoms with Gasteiger partial charge in [-0.15, -0.1) is 0 Å². The van der Waals surface area contributed by atoms with Crippen molar-refractivity contribution in [3.63, 3.8) is 0 Å². The van der Waals surface area contributed by atoms with Crippen LogP contribution in [-0.4, -0.2) is 35.3 Å². The second-order valence-electron chi connectivity index (χ2n) is 5.81. The van der Waals surface area contributed by atoms with Gasteiger partial charge in [0, 0.05) is 17.0 Å². The Bertz CT molecular complexity index is 661.